The highest BCUT2D eigenvalue weighted by Gasteiger charge is 2.20. The predicted octanol–water partition coefficient (Wildman–Crippen LogP) is 5.19. The number of thiazole rings is 1. The number of carbonyl (C=O) groups excluding carboxylic acids is 1. The first-order chi connectivity index (χ1) is 13.6. The Morgan fingerprint density at radius 3 is 2.57 bits per heavy atom. The van der Waals surface area contributed by atoms with Gasteiger partial charge in [0.1, 0.15) is 11.5 Å². The number of hydrogen-bond donors (Lipinski definition) is 1. The molecule has 0 aliphatic carbocycles. The lowest BCUT2D eigenvalue weighted by atomic mass is 10.1. The molecule has 1 N–H and O–H groups in total. The molecule has 0 aliphatic rings. The molecule has 1 heterocycles. The van der Waals surface area contributed by atoms with Crippen LogP contribution in [-0.2, 0) is 11.2 Å². The first kappa shape index (κ1) is 20.2. The van der Waals surface area contributed by atoms with Crippen molar-refractivity contribution < 1.29 is 14.3 Å². The molecular weight excluding hydrogens is 396 g/mol. The van der Waals surface area contributed by atoms with Crippen LogP contribution in [0.1, 0.15) is 23.8 Å². The minimum atomic E-state index is -0.607. The van der Waals surface area contributed by atoms with Crippen LogP contribution in [0.25, 0.3) is 0 Å². The lowest BCUT2D eigenvalue weighted by Gasteiger charge is -2.16. The van der Waals surface area contributed by atoms with E-state index in [-0.39, 0.29) is 5.91 Å². The van der Waals surface area contributed by atoms with Crippen molar-refractivity contribution in [1.82, 2.24) is 4.98 Å². The molecular formula is C21H21ClN2O3S. The number of hydrogen-bond acceptors (Lipinski definition) is 5. The zero-order valence-electron chi connectivity index (χ0n) is 15.6. The third kappa shape index (κ3) is 5.24. The number of ether oxygens (including phenoxy) is 2. The van der Waals surface area contributed by atoms with Crippen molar-refractivity contribution in [2.24, 2.45) is 0 Å². The van der Waals surface area contributed by atoms with Crippen LogP contribution in [0.4, 0.5) is 5.13 Å². The van der Waals surface area contributed by atoms with Gasteiger partial charge in [0, 0.05) is 22.5 Å². The van der Waals surface area contributed by atoms with E-state index in [0.29, 0.717) is 23.7 Å². The van der Waals surface area contributed by atoms with E-state index in [1.165, 1.54) is 11.3 Å². The van der Waals surface area contributed by atoms with E-state index < -0.39 is 6.10 Å². The number of benzene rings is 2. The smallest absolute Gasteiger partial charge is 0.267 e. The van der Waals surface area contributed by atoms with Crippen LogP contribution in [0.3, 0.4) is 0 Å². The van der Waals surface area contributed by atoms with E-state index in [2.05, 4.69) is 10.3 Å². The Balaban J connectivity index is 1.61. The van der Waals surface area contributed by atoms with Crippen molar-refractivity contribution in [1.29, 1.82) is 0 Å². The fraction of sp³-hybridized carbons (Fsp3) is 0.238. The van der Waals surface area contributed by atoms with Gasteiger partial charge in [-0.15, -0.1) is 11.3 Å². The largest absolute Gasteiger partial charge is 0.497 e. The molecule has 0 fully saturated rings. The summed E-state index contributed by atoms with van der Waals surface area (Å²) in [6.07, 6.45) is 2.36. The highest BCUT2D eigenvalue weighted by atomic mass is 35.5. The molecule has 146 valence electrons. The van der Waals surface area contributed by atoms with Gasteiger partial charge in [-0.2, -0.15) is 0 Å². The second kappa shape index (κ2) is 9.57. The van der Waals surface area contributed by atoms with Gasteiger partial charge in [0.25, 0.3) is 5.91 Å². The topological polar surface area (TPSA) is 60.5 Å². The summed E-state index contributed by atoms with van der Waals surface area (Å²) in [5, 5.41) is 4.11. The summed E-state index contributed by atoms with van der Waals surface area (Å²) in [5.74, 6) is 1.12. The third-order valence-corrected chi connectivity index (χ3v) is 5.39. The summed E-state index contributed by atoms with van der Waals surface area (Å²) in [4.78, 5) is 17.9. The standard InChI is InChI=1S/C21H21ClN2O3S/c1-3-19(27-16-10-8-15(26-2)9-11-16)20(25)24-21-23-13-17(28-21)12-14-6-4-5-7-18(14)22/h4-11,13,19H,3,12H2,1-2H3,(H,23,24,25). The molecule has 0 aliphatic heterocycles. The van der Waals surface area contributed by atoms with Crippen molar-refractivity contribution in [2.75, 3.05) is 12.4 Å². The Bertz CT molecular complexity index is 927. The van der Waals surface area contributed by atoms with Gasteiger partial charge in [0.15, 0.2) is 11.2 Å². The van der Waals surface area contributed by atoms with Crippen LogP contribution >= 0.6 is 22.9 Å². The normalized spacial score (nSPS) is 11.7. The van der Waals surface area contributed by atoms with Crippen LogP contribution in [0.15, 0.2) is 54.7 Å². The summed E-state index contributed by atoms with van der Waals surface area (Å²) >= 11 is 7.64. The van der Waals surface area contributed by atoms with Crippen LogP contribution in [0.5, 0.6) is 11.5 Å². The molecule has 5 nitrogen and oxygen atoms in total. The highest BCUT2D eigenvalue weighted by molar-refractivity contribution is 7.15. The Hall–Kier alpha value is -2.57. The van der Waals surface area contributed by atoms with Crippen LogP contribution in [0, 0.1) is 0 Å². The van der Waals surface area contributed by atoms with Gasteiger partial charge in [-0.25, -0.2) is 4.98 Å². The zero-order valence-corrected chi connectivity index (χ0v) is 17.2. The highest BCUT2D eigenvalue weighted by Crippen LogP contribution is 2.25. The maximum absolute atomic E-state index is 12.6. The molecule has 1 aromatic heterocycles. The molecule has 28 heavy (non-hydrogen) atoms. The number of methoxy groups -OCH3 is 1. The lowest BCUT2D eigenvalue weighted by molar-refractivity contribution is -0.122. The van der Waals surface area contributed by atoms with Gasteiger partial charge < -0.3 is 9.47 Å². The molecule has 3 rings (SSSR count). The average molecular weight is 417 g/mol. The summed E-state index contributed by atoms with van der Waals surface area (Å²) in [7, 11) is 1.60. The van der Waals surface area contributed by atoms with Crippen LogP contribution in [-0.4, -0.2) is 24.1 Å². The Morgan fingerprint density at radius 2 is 1.89 bits per heavy atom. The number of rotatable bonds is 8. The molecule has 7 heteroatoms. The number of carbonyl (C=O) groups is 1. The molecule has 0 bridgehead atoms. The molecule has 1 amide bonds. The Labute approximate surface area is 173 Å². The van der Waals surface area contributed by atoms with Crippen molar-refractivity contribution in [2.45, 2.75) is 25.9 Å². The van der Waals surface area contributed by atoms with Gasteiger partial charge in [-0.1, -0.05) is 36.7 Å². The first-order valence-electron chi connectivity index (χ1n) is 8.88. The van der Waals surface area contributed by atoms with Crippen LogP contribution in [0.2, 0.25) is 5.02 Å². The van der Waals surface area contributed by atoms with E-state index in [1.807, 2.05) is 31.2 Å². The van der Waals surface area contributed by atoms with E-state index >= 15 is 0 Å². The number of aromatic nitrogens is 1. The SMILES string of the molecule is CCC(Oc1ccc(OC)cc1)C(=O)Nc1ncc(Cc2ccccc2Cl)s1. The summed E-state index contributed by atoms with van der Waals surface area (Å²) in [6.45, 7) is 1.90. The predicted molar refractivity (Wildman–Crippen MR) is 113 cm³/mol. The quantitative estimate of drug-likeness (QED) is 0.548. The summed E-state index contributed by atoms with van der Waals surface area (Å²) < 4.78 is 10.9. The number of halogens is 1. The minimum absolute atomic E-state index is 0.225. The maximum Gasteiger partial charge on any atom is 0.267 e. The minimum Gasteiger partial charge on any atom is -0.497 e. The van der Waals surface area contributed by atoms with Crippen molar-refractivity contribution >= 4 is 34.0 Å². The van der Waals surface area contributed by atoms with E-state index in [0.717, 1.165) is 21.2 Å². The maximum atomic E-state index is 12.6. The number of nitrogens with one attached hydrogen (secondary N) is 1. The van der Waals surface area contributed by atoms with Crippen LogP contribution < -0.4 is 14.8 Å². The van der Waals surface area contributed by atoms with Crippen molar-refractivity contribution in [3.63, 3.8) is 0 Å². The molecule has 2 aromatic carbocycles. The molecule has 1 atom stereocenters. The van der Waals surface area contributed by atoms with Gasteiger partial charge in [0.2, 0.25) is 0 Å². The second-order valence-corrected chi connectivity index (χ2v) is 7.60. The number of anilines is 1. The van der Waals surface area contributed by atoms with E-state index in [4.69, 9.17) is 21.1 Å². The first-order valence-corrected chi connectivity index (χ1v) is 10.1. The van der Waals surface area contributed by atoms with Crippen molar-refractivity contribution in [3.05, 3.63) is 70.2 Å². The molecule has 0 radical (unpaired) electrons. The Kier molecular flexibility index (Phi) is 6.90. The molecule has 0 saturated heterocycles. The molecule has 0 spiro atoms. The van der Waals surface area contributed by atoms with Gasteiger partial charge in [-0.3, -0.25) is 10.1 Å². The Morgan fingerprint density at radius 1 is 1.18 bits per heavy atom. The zero-order chi connectivity index (χ0) is 19.9. The number of nitrogens with zero attached hydrogens (tertiary/aromatic N) is 1. The summed E-state index contributed by atoms with van der Waals surface area (Å²) in [5.41, 5.74) is 1.03. The number of amides is 1. The molecule has 1 unspecified atom stereocenters. The second-order valence-electron chi connectivity index (χ2n) is 6.08. The molecule has 3 aromatic rings. The lowest BCUT2D eigenvalue weighted by Crippen LogP contribution is -2.32. The van der Waals surface area contributed by atoms with Crippen molar-refractivity contribution in [3.8, 4) is 11.5 Å². The third-order valence-electron chi connectivity index (χ3n) is 4.11. The monoisotopic (exact) mass is 416 g/mol. The summed E-state index contributed by atoms with van der Waals surface area (Å²) in [6, 6.07) is 14.8. The molecule has 0 saturated carbocycles. The van der Waals surface area contributed by atoms with Gasteiger partial charge >= 0.3 is 0 Å². The van der Waals surface area contributed by atoms with Gasteiger partial charge in [-0.05, 0) is 42.3 Å². The fourth-order valence-electron chi connectivity index (χ4n) is 2.60. The fourth-order valence-corrected chi connectivity index (χ4v) is 3.64. The van der Waals surface area contributed by atoms with E-state index in [1.54, 1.807) is 37.6 Å². The van der Waals surface area contributed by atoms with Gasteiger partial charge in [0.05, 0.1) is 7.11 Å². The average Bonchev–Trinajstić information content (AvgIpc) is 3.15. The van der Waals surface area contributed by atoms with E-state index in [9.17, 15) is 4.79 Å².